The summed E-state index contributed by atoms with van der Waals surface area (Å²) in [7, 11) is 1.58. The summed E-state index contributed by atoms with van der Waals surface area (Å²) in [6.45, 7) is 14.3. The lowest BCUT2D eigenvalue weighted by Gasteiger charge is -2.42. The largest absolute Gasteiger partial charge is 0.495 e. The van der Waals surface area contributed by atoms with E-state index in [1.54, 1.807) is 31.4 Å². The molecule has 1 heterocycles. The van der Waals surface area contributed by atoms with Crippen LogP contribution >= 0.6 is 0 Å². The first-order valence-corrected chi connectivity index (χ1v) is 11.0. The Labute approximate surface area is 195 Å². The normalized spacial score (nSPS) is 16.4. The van der Waals surface area contributed by atoms with Gasteiger partial charge in [0.25, 0.3) is 0 Å². The molecule has 0 atom stereocenters. The summed E-state index contributed by atoms with van der Waals surface area (Å²) in [5.41, 5.74) is 2.43. The third-order valence-corrected chi connectivity index (χ3v) is 5.54. The number of carbonyl (C=O) groups is 2. The predicted molar refractivity (Wildman–Crippen MR) is 129 cm³/mol. The molecule has 7 heteroatoms. The Balaban J connectivity index is 1.77. The number of ether oxygens (including phenoxy) is 3. The van der Waals surface area contributed by atoms with Gasteiger partial charge in [-0.3, -0.25) is 0 Å². The van der Waals surface area contributed by atoms with Gasteiger partial charge < -0.3 is 24.8 Å². The lowest BCUT2D eigenvalue weighted by molar-refractivity contribution is -0.0587. The molecule has 0 saturated carbocycles. The molecule has 0 aliphatic carbocycles. The zero-order chi connectivity index (χ0) is 24.6. The van der Waals surface area contributed by atoms with E-state index < -0.39 is 23.2 Å². The highest BCUT2D eigenvalue weighted by Crippen LogP contribution is 2.45. The molecule has 1 aliphatic heterocycles. The fourth-order valence-corrected chi connectivity index (χ4v) is 3.73. The Bertz CT molecular complexity index is 1050. The average Bonchev–Trinajstić information content (AvgIpc) is 2.70. The highest BCUT2D eigenvalue weighted by molar-refractivity contribution is 6.01. The number of benzene rings is 2. The van der Waals surface area contributed by atoms with Gasteiger partial charge in [0, 0.05) is 11.1 Å². The van der Waals surface area contributed by atoms with Gasteiger partial charge in [-0.05, 0) is 82.1 Å². The molecular formula is C26H34N2O5. The molecular weight excluding hydrogens is 420 g/mol. The number of urea groups is 1. The Morgan fingerprint density at radius 1 is 0.970 bits per heavy atom. The summed E-state index contributed by atoms with van der Waals surface area (Å²) in [5.74, 6) is 0.167. The Morgan fingerprint density at radius 2 is 1.61 bits per heavy atom. The molecule has 3 rings (SSSR count). The molecule has 0 radical (unpaired) electrons. The van der Waals surface area contributed by atoms with Crippen molar-refractivity contribution in [3.63, 3.8) is 0 Å². The van der Waals surface area contributed by atoms with E-state index in [-0.39, 0.29) is 5.41 Å². The highest BCUT2D eigenvalue weighted by Gasteiger charge is 2.39. The van der Waals surface area contributed by atoms with Crippen LogP contribution in [0.4, 0.5) is 16.2 Å². The Hall–Kier alpha value is -3.06. The summed E-state index contributed by atoms with van der Waals surface area (Å²) in [4.78, 5) is 24.9. The van der Waals surface area contributed by atoms with Crippen molar-refractivity contribution in [3.8, 4) is 5.75 Å². The molecule has 178 valence electrons. The standard InChI is InChI=1S/C26H34N2O5/c1-24(2,3)33-22(29)16-9-11-17(12-10-16)27-23(30)28-20-13-19-18(14-21(20)31-8)25(4,5)15-32-26(19,6)7/h9-14H,15H2,1-8H3,(H2,27,28,30). The quantitative estimate of drug-likeness (QED) is 0.567. The molecule has 2 aromatic carbocycles. The number of nitrogens with one attached hydrogen (secondary N) is 2. The number of methoxy groups -OCH3 is 1. The van der Waals surface area contributed by atoms with Crippen LogP contribution < -0.4 is 15.4 Å². The smallest absolute Gasteiger partial charge is 0.338 e. The predicted octanol–water partition coefficient (Wildman–Crippen LogP) is 5.84. The van der Waals surface area contributed by atoms with Gasteiger partial charge in [0.1, 0.15) is 11.4 Å². The summed E-state index contributed by atoms with van der Waals surface area (Å²) in [6.07, 6.45) is 0. The van der Waals surface area contributed by atoms with E-state index >= 15 is 0 Å². The van der Waals surface area contributed by atoms with Crippen LogP contribution in [0.2, 0.25) is 0 Å². The molecule has 0 unspecified atom stereocenters. The van der Waals surface area contributed by atoms with E-state index in [9.17, 15) is 9.59 Å². The second kappa shape index (κ2) is 8.71. The molecule has 2 amide bonds. The van der Waals surface area contributed by atoms with Crippen molar-refractivity contribution >= 4 is 23.4 Å². The van der Waals surface area contributed by atoms with E-state index in [1.807, 2.05) is 46.8 Å². The van der Waals surface area contributed by atoms with E-state index in [2.05, 4.69) is 24.5 Å². The minimum absolute atomic E-state index is 0.172. The second-order valence-electron chi connectivity index (χ2n) is 10.4. The van der Waals surface area contributed by atoms with Crippen LogP contribution in [0.5, 0.6) is 5.75 Å². The fourth-order valence-electron chi connectivity index (χ4n) is 3.73. The maximum absolute atomic E-state index is 12.7. The average molecular weight is 455 g/mol. The SMILES string of the molecule is COc1cc2c(cc1NC(=O)Nc1ccc(C(=O)OC(C)(C)C)cc1)C(C)(C)OCC2(C)C. The summed E-state index contributed by atoms with van der Waals surface area (Å²) in [6, 6.07) is 10.0. The molecule has 0 spiro atoms. The van der Waals surface area contributed by atoms with Crippen LogP contribution in [0.25, 0.3) is 0 Å². The van der Waals surface area contributed by atoms with Gasteiger partial charge in [0.2, 0.25) is 0 Å². The monoisotopic (exact) mass is 454 g/mol. The summed E-state index contributed by atoms with van der Waals surface area (Å²) in [5, 5.41) is 5.66. The minimum Gasteiger partial charge on any atom is -0.495 e. The highest BCUT2D eigenvalue weighted by atomic mass is 16.6. The first-order valence-electron chi connectivity index (χ1n) is 11.0. The van der Waals surface area contributed by atoms with Gasteiger partial charge in [0.05, 0.1) is 30.6 Å². The first-order chi connectivity index (χ1) is 15.2. The molecule has 0 aromatic heterocycles. The van der Waals surface area contributed by atoms with E-state index in [4.69, 9.17) is 14.2 Å². The van der Waals surface area contributed by atoms with Gasteiger partial charge in [-0.25, -0.2) is 9.59 Å². The lowest BCUT2D eigenvalue weighted by atomic mass is 9.75. The lowest BCUT2D eigenvalue weighted by Crippen LogP contribution is -2.40. The Kier molecular flexibility index (Phi) is 6.48. The molecule has 2 N–H and O–H groups in total. The van der Waals surface area contributed by atoms with Crippen LogP contribution in [-0.2, 0) is 20.5 Å². The maximum atomic E-state index is 12.7. The van der Waals surface area contributed by atoms with Crippen molar-refractivity contribution in [1.82, 2.24) is 0 Å². The molecule has 1 aliphatic rings. The summed E-state index contributed by atoms with van der Waals surface area (Å²) >= 11 is 0. The van der Waals surface area contributed by atoms with Gasteiger partial charge in [-0.15, -0.1) is 0 Å². The van der Waals surface area contributed by atoms with Crippen LogP contribution in [-0.4, -0.2) is 31.3 Å². The number of anilines is 2. The first kappa shape index (κ1) is 24.6. The van der Waals surface area contributed by atoms with Crippen molar-refractivity contribution in [1.29, 1.82) is 0 Å². The van der Waals surface area contributed by atoms with Crippen molar-refractivity contribution in [3.05, 3.63) is 53.1 Å². The summed E-state index contributed by atoms with van der Waals surface area (Å²) < 4.78 is 17.0. The zero-order valence-electron chi connectivity index (χ0n) is 20.7. The number of rotatable bonds is 4. The molecule has 0 saturated heterocycles. The van der Waals surface area contributed by atoms with E-state index in [0.29, 0.717) is 29.3 Å². The number of fused-ring (bicyclic) bond motifs is 1. The number of esters is 1. The van der Waals surface area contributed by atoms with Crippen molar-refractivity contribution in [2.75, 3.05) is 24.4 Å². The van der Waals surface area contributed by atoms with Crippen molar-refractivity contribution in [2.45, 2.75) is 65.1 Å². The topological polar surface area (TPSA) is 85.9 Å². The van der Waals surface area contributed by atoms with Gasteiger partial charge in [-0.1, -0.05) is 13.8 Å². The number of amides is 2. The molecule has 0 bridgehead atoms. The molecule has 0 fully saturated rings. The number of carbonyl (C=O) groups excluding carboxylic acids is 2. The van der Waals surface area contributed by atoms with E-state index in [1.165, 1.54) is 0 Å². The number of hydrogen-bond donors (Lipinski definition) is 2. The van der Waals surface area contributed by atoms with Gasteiger partial charge in [0.15, 0.2) is 0 Å². The zero-order valence-corrected chi connectivity index (χ0v) is 20.7. The minimum atomic E-state index is -0.573. The van der Waals surface area contributed by atoms with E-state index in [0.717, 1.165) is 11.1 Å². The Morgan fingerprint density at radius 3 is 2.18 bits per heavy atom. The van der Waals surface area contributed by atoms with Crippen molar-refractivity contribution in [2.24, 2.45) is 0 Å². The van der Waals surface area contributed by atoms with Crippen LogP contribution in [0.3, 0.4) is 0 Å². The van der Waals surface area contributed by atoms with Crippen LogP contribution in [0, 0.1) is 0 Å². The molecule has 33 heavy (non-hydrogen) atoms. The maximum Gasteiger partial charge on any atom is 0.338 e. The van der Waals surface area contributed by atoms with Crippen LogP contribution in [0.1, 0.15) is 70.0 Å². The molecule has 7 nitrogen and oxygen atoms in total. The van der Waals surface area contributed by atoms with Gasteiger partial charge >= 0.3 is 12.0 Å². The second-order valence-corrected chi connectivity index (χ2v) is 10.4. The van der Waals surface area contributed by atoms with Crippen LogP contribution in [0.15, 0.2) is 36.4 Å². The number of hydrogen-bond acceptors (Lipinski definition) is 5. The van der Waals surface area contributed by atoms with Crippen molar-refractivity contribution < 1.29 is 23.8 Å². The third kappa shape index (κ3) is 5.66. The third-order valence-electron chi connectivity index (χ3n) is 5.54. The van der Waals surface area contributed by atoms with Gasteiger partial charge in [-0.2, -0.15) is 0 Å². The fraction of sp³-hybridized carbons (Fsp3) is 0.462. The molecule has 2 aromatic rings.